The highest BCUT2D eigenvalue weighted by molar-refractivity contribution is 9.10. The van der Waals surface area contributed by atoms with Gasteiger partial charge in [-0.2, -0.15) is 0 Å². The van der Waals surface area contributed by atoms with Gasteiger partial charge in [0.05, 0.1) is 18.9 Å². The third-order valence-corrected chi connectivity index (χ3v) is 2.53. The number of oxime groups is 1. The fourth-order valence-electron chi connectivity index (χ4n) is 1.16. The van der Waals surface area contributed by atoms with Crippen molar-refractivity contribution in [3.05, 3.63) is 46.1 Å². The topological polar surface area (TPSA) is 59.9 Å². The third-order valence-electron chi connectivity index (χ3n) is 2.00. The SMILES string of the molecule is CO/N=C\C(=C\NOC)C(=O)c1ccc(Br)cc1. The number of benzene rings is 1. The maximum Gasteiger partial charge on any atom is 0.196 e. The van der Waals surface area contributed by atoms with E-state index in [1.54, 1.807) is 24.3 Å². The highest BCUT2D eigenvalue weighted by atomic mass is 79.9. The average Bonchev–Trinajstić information content (AvgIpc) is 2.39. The van der Waals surface area contributed by atoms with Crippen LogP contribution in [0.25, 0.3) is 0 Å². The van der Waals surface area contributed by atoms with E-state index in [1.807, 2.05) is 0 Å². The van der Waals surface area contributed by atoms with Crippen molar-refractivity contribution in [2.75, 3.05) is 14.2 Å². The average molecular weight is 313 g/mol. The lowest BCUT2D eigenvalue weighted by Crippen LogP contribution is -2.11. The van der Waals surface area contributed by atoms with E-state index in [9.17, 15) is 4.79 Å². The van der Waals surface area contributed by atoms with Crippen LogP contribution in [0.2, 0.25) is 0 Å². The van der Waals surface area contributed by atoms with Crippen LogP contribution in [0.4, 0.5) is 0 Å². The van der Waals surface area contributed by atoms with Gasteiger partial charge in [0.2, 0.25) is 0 Å². The molecule has 0 unspecified atom stereocenters. The maximum atomic E-state index is 12.1. The summed E-state index contributed by atoms with van der Waals surface area (Å²) in [6, 6.07) is 7.02. The Morgan fingerprint density at radius 3 is 2.56 bits per heavy atom. The van der Waals surface area contributed by atoms with E-state index in [1.165, 1.54) is 26.6 Å². The number of carbonyl (C=O) groups excluding carboxylic acids is 1. The van der Waals surface area contributed by atoms with Gasteiger partial charge in [0.1, 0.15) is 7.11 Å². The van der Waals surface area contributed by atoms with Crippen LogP contribution in [0, 0.1) is 0 Å². The van der Waals surface area contributed by atoms with Gasteiger partial charge in [-0.3, -0.25) is 15.1 Å². The number of carbonyl (C=O) groups is 1. The summed E-state index contributed by atoms with van der Waals surface area (Å²) in [7, 11) is 2.85. The number of Topliss-reactive ketones (excluding diaryl/α,β-unsaturated/α-hetero) is 1. The van der Waals surface area contributed by atoms with Crippen molar-refractivity contribution in [3.63, 3.8) is 0 Å². The maximum absolute atomic E-state index is 12.1. The van der Waals surface area contributed by atoms with Crippen molar-refractivity contribution in [3.8, 4) is 0 Å². The minimum absolute atomic E-state index is 0.187. The van der Waals surface area contributed by atoms with Crippen LogP contribution in [-0.2, 0) is 9.68 Å². The summed E-state index contributed by atoms with van der Waals surface area (Å²) in [4.78, 5) is 21.4. The highest BCUT2D eigenvalue weighted by Crippen LogP contribution is 2.13. The molecule has 0 bridgehead atoms. The van der Waals surface area contributed by atoms with Gasteiger partial charge >= 0.3 is 0 Å². The lowest BCUT2D eigenvalue weighted by atomic mass is 10.1. The second kappa shape index (κ2) is 7.62. The predicted octanol–water partition coefficient (Wildman–Crippen LogP) is 2.30. The molecule has 6 heteroatoms. The van der Waals surface area contributed by atoms with Gasteiger partial charge < -0.3 is 4.84 Å². The summed E-state index contributed by atoms with van der Waals surface area (Å²) in [5.74, 6) is -0.187. The van der Waals surface area contributed by atoms with Crippen molar-refractivity contribution in [2.45, 2.75) is 0 Å². The second-order valence-electron chi connectivity index (χ2n) is 3.17. The number of hydroxylamine groups is 1. The first-order valence-electron chi connectivity index (χ1n) is 5.04. The number of hydrogen-bond acceptors (Lipinski definition) is 5. The van der Waals surface area contributed by atoms with Crippen molar-refractivity contribution >= 4 is 27.9 Å². The summed E-state index contributed by atoms with van der Waals surface area (Å²) < 4.78 is 0.908. The Labute approximate surface area is 114 Å². The quantitative estimate of drug-likeness (QED) is 0.379. The third kappa shape index (κ3) is 4.31. The van der Waals surface area contributed by atoms with Gasteiger partial charge in [0.25, 0.3) is 0 Å². The molecule has 1 aromatic rings. The Bertz CT molecular complexity index is 455. The van der Waals surface area contributed by atoms with Crippen molar-refractivity contribution in [2.24, 2.45) is 5.16 Å². The fourth-order valence-corrected chi connectivity index (χ4v) is 1.43. The normalized spacial score (nSPS) is 11.6. The Kier molecular flexibility index (Phi) is 6.10. The zero-order valence-electron chi connectivity index (χ0n) is 10.0. The van der Waals surface area contributed by atoms with Crippen LogP contribution in [0.1, 0.15) is 10.4 Å². The zero-order valence-corrected chi connectivity index (χ0v) is 11.6. The molecule has 0 fully saturated rings. The van der Waals surface area contributed by atoms with Gasteiger partial charge in [-0.1, -0.05) is 21.1 Å². The molecule has 0 saturated carbocycles. The summed E-state index contributed by atoms with van der Waals surface area (Å²) in [5.41, 5.74) is 3.35. The Balaban J connectivity index is 2.94. The number of ketones is 1. The Morgan fingerprint density at radius 2 is 2.00 bits per heavy atom. The number of rotatable bonds is 6. The first-order valence-corrected chi connectivity index (χ1v) is 5.83. The number of halogens is 1. The monoisotopic (exact) mass is 312 g/mol. The van der Waals surface area contributed by atoms with E-state index in [0.717, 1.165) is 4.47 Å². The van der Waals surface area contributed by atoms with Gasteiger partial charge in [-0.15, -0.1) is 0 Å². The molecule has 0 spiro atoms. The molecule has 0 saturated heterocycles. The van der Waals surface area contributed by atoms with Gasteiger partial charge in [0, 0.05) is 16.2 Å². The lowest BCUT2D eigenvalue weighted by Gasteiger charge is -2.03. The van der Waals surface area contributed by atoms with Crippen LogP contribution >= 0.6 is 15.9 Å². The lowest BCUT2D eigenvalue weighted by molar-refractivity contribution is 0.102. The van der Waals surface area contributed by atoms with Crippen LogP contribution < -0.4 is 5.48 Å². The smallest absolute Gasteiger partial charge is 0.196 e. The van der Waals surface area contributed by atoms with E-state index < -0.39 is 0 Å². The zero-order chi connectivity index (χ0) is 13.4. The molecule has 1 aromatic carbocycles. The molecular weight excluding hydrogens is 300 g/mol. The summed E-state index contributed by atoms with van der Waals surface area (Å²) in [6.45, 7) is 0. The molecule has 0 aliphatic rings. The fraction of sp³-hybridized carbons (Fsp3) is 0.167. The summed E-state index contributed by atoms with van der Waals surface area (Å²) in [6.07, 6.45) is 2.73. The molecule has 0 heterocycles. The van der Waals surface area contributed by atoms with Crippen LogP contribution in [0.15, 0.2) is 45.7 Å². The molecule has 0 aliphatic heterocycles. The molecule has 1 rings (SSSR count). The van der Waals surface area contributed by atoms with E-state index >= 15 is 0 Å². The summed E-state index contributed by atoms with van der Waals surface area (Å²) >= 11 is 3.31. The largest absolute Gasteiger partial charge is 0.399 e. The number of nitrogens with zero attached hydrogens (tertiary/aromatic N) is 1. The molecule has 0 radical (unpaired) electrons. The Hall–Kier alpha value is -1.66. The van der Waals surface area contributed by atoms with E-state index in [4.69, 9.17) is 0 Å². The number of allylic oxidation sites excluding steroid dienone is 1. The molecule has 18 heavy (non-hydrogen) atoms. The first kappa shape index (κ1) is 14.4. The number of hydrogen-bond donors (Lipinski definition) is 1. The molecular formula is C12H13BrN2O3. The molecule has 0 aliphatic carbocycles. The molecule has 0 amide bonds. The summed E-state index contributed by atoms with van der Waals surface area (Å²) in [5, 5.41) is 3.57. The molecule has 0 aromatic heterocycles. The number of nitrogens with one attached hydrogen (secondary N) is 1. The minimum atomic E-state index is -0.187. The van der Waals surface area contributed by atoms with Gasteiger partial charge in [-0.05, 0) is 24.3 Å². The van der Waals surface area contributed by atoms with Gasteiger partial charge in [0.15, 0.2) is 5.78 Å². The van der Waals surface area contributed by atoms with E-state index in [-0.39, 0.29) is 5.78 Å². The van der Waals surface area contributed by atoms with E-state index in [2.05, 4.69) is 36.2 Å². The molecule has 96 valence electrons. The van der Waals surface area contributed by atoms with Crippen LogP contribution in [0.5, 0.6) is 0 Å². The molecule has 5 nitrogen and oxygen atoms in total. The van der Waals surface area contributed by atoms with Crippen molar-refractivity contribution in [1.82, 2.24) is 5.48 Å². The van der Waals surface area contributed by atoms with Crippen molar-refractivity contribution < 1.29 is 14.5 Å². The Morgan fingerprint density at radius 1 is 1.33 bits per heavy atom. The second-order valence-corrected chi connectivity index (χ2v) is 4.09. The standard InChI is InChI=1S/C12H13BrN2O3/c1-17-14-7-10(8-15-18-2)12(16)9-3-5-11(13)6-4-9/h3-8,14H,1-2H3/b10-7-,15-8-. The van der Waals surface area contributed by atoms with Crippen molar-refractivity contribution in [1.29, 1.82) is 0 Å². The van der Waals surface area contributed by atoms with Gasteiger partial charge in [-0.25, -0.2) is 0 Å². The molecule has 1 N–H and O–H groups in total. The van der Waals surface area contributed by atoms with E-state index in [0.29, 0.717) is 11.1 Å². The highest BCUT2D eigenvalue weighted by Gasteiger charge is 2.10. The minimum Gasteiger partial charge on any atom is -0.399 e. The molecule has 0 atom stereocenters. The van der Waals surface area contributed by atoms with Crippen LogP contribution in [0.3, 0.4) is 0 Å². The predicted molar refractivity (Wildman–Crippen MR) is 72.2 cm³/mol. The first-order chi connectivity index (χ1) is 8.69. The van der Waals surface area contributed by atoms with Crippen LogP contribution in [-0.4, -0.2) is 26.2 Å².